The van der Waals surface area contributed by atoms with Crippen LogP contribution in [-0.2, 0) is 13.1 Å². The Morgan fingerprint density at radius 2 is 1.97 bits per heavy atom. The first kappa shape index (κ1) is 21.5. The fourth-order valence-corrected chi connectivity index (χ4v) is 4.66. The molecule has 1 fully saturated rings. The fraction of sp³-hybridized carbons (Fsp3) is 0.522. The SMILES string of the molecule is CCN1C(=O)c2cc(C(=O)NCc3ccc(F)cc3)nn2CC1(C)CNC1CCCC1. The zero-order valence-corrected chi connectivity index (χ0v) is 18.2. The van der Waals surface area contributed by atoms with Crippen LogP contribution in [0.15, 0.2) is 30.3 Å². The largest absolute Gasteiger partial charge is 0.347 e. The number of amides is 2. The number of aromatic nitrogens is 2. The maximum absolute atomic E-state index is 13.2. The Kier molecular flexibility index (Phi) is 6.09. The molecule has 2 heterocycles. The number of halogens is 1. The second-order valence-electron chi connectivity index (χ2n) is 8.79. The van der Waals surface area contributed by atoms with E-state index >= 15 is 0 Å². The molecule has 7 nitrogen and oxygen atoms in total. The molecule has 4 rings (SSSR count). The maximum Gasteiger partial charge on any atom is 0.272 e. The summed E-state index contributed by atoms with van der Waals surface area (Å²) in [4.78, 5) is 27.7. The minimum absolute atomic E-state index is 0.102. The molecule has 2 aromatic rings. The number of nitrogens with one attached hydrogen (secondary N) is 2. The van der Waals surface area contributed by atoms with Gasteiger partial charge in [-0.1, -0.05) is 25.0 Å². The van der Waals surface area contributed by atoms with Gasteiger partial charge >= 0.3 is 0 Å². The first-order valence-electron chi connectivity index (χ1n) is 11.1. The second kappa shape index (κ2) is 8.78. The van der Waals surface area contributed by atoms with Crippen molar-refractivity contribution < 1.29 is 14.0 Å². The minimum Gasteiger partial charge on any atom is -0.347 e. The summed E-state index contributed by atoms with van der Waals surface area (Å²) in [7, 11) is 0. The predicted molar refractivity (Wildman–Crippen MR) is 115 cm³/mol. The molecule has 0 spiro atoms. The van der Waals surface area contributed by atoms with E-state index < -0.39 is 5.54 Å². The molecule has 0 saturated heterocycles. The van der Waals surface area contributed by atoms with Crippen molar-refractivity contribution in [2.45, 2.75) is 64.2 Å². The highest BCUT2D eigenvalue weighted by molar-refractivity contribution is 5.98. The predicted octanol–water partition coefficient (Wildman–Crippen LogP) is 2.72. The topological polar surface area (TPSA) is 79.3 Å². The fourth-order valence-electron chi connectivity index (χ4n) is 4.66. The number of rotatable bonds is 7. The van der Waals surface area contributed by atoms with E-state index in [9.17, 15) is 14.0 Å². The Labute approximate surface area is 182 Å². The van der Waals surface area contributed by atoms with Gasteiger partial charge in [0.25, 0.3) is 11.8 Å². The van der Waals surface area contributed by atoms with Gasteiger partial charge in [-0.3, -0.25) is 14.3 Å². The first-order chi connectivity index (χ1) is 14.9. The summed E-state index contributed by atoms with van der Waals surface area (Å²) in [5.74, 6) is -0.774. The van der Waals surface area contributed by atoms with E-state index in [2.05, 4.69) is 22.7 Å². The van der Waals surface area contributed by atoms with Gasteiger partial charge in [-0.05, 0) is 44.4 Å². The summed E-state index contributed by atoms with van der Waals surface area (Å²) in [6, 6.07) is 8.04. The van der Waals surface area contributed by atoms with Crippen molar-refractivity contribution in [3.05, 3.63) is 53.1 Å². The van der Waals surface area contributed by atoms with E-state index in [4.69, 9.17) is 0 Å². The van der Waals surface area contributed by atoms with E-state index in [1.54, 1.807) is 22.9 Å². The number of hydrogen-bond acceptors (Lipinski definition) is 4. The smallest absolute Gasteiger partial charge is 0.272 e. The van der Waals surface area contributed by atoms with Crippen LogP contribution >= 0.6 is 0 Å². The normalized spacial score (nSPS) is 21.4. The van der Waals surface area contributed by atoms with Crippen molar-refractivity contribution in [2.75, 3.05) is 13.1 Å². The molecule has 2 aliphatic rings. The van der Waals surface area contributed by atoms with Gasteiger partial charge < -0.3 is 15.5 Å². The van der Waals surface area contributed by atoms with Crippen molar-refractivity contribution in [2.24, 2.45) is 0 Å². The standard InChI is InChI=1S/C23H30FN5O2/c1-3-28-22(31)20-12-19(21(30)25-13-16-8-10-17(24)11-9-16)27-29(20)15-23(28,2)14-26-18-6-4-5-7-18/h8-12,18,26H,3-7,13-15H2,1-2H3,(H,25,30). The summed E-state index contributed by atoms with van der Waals surface area (Å²) in [6.07, 6.45) is 4.87. The van der Waals surface area contributed by atoms with Crippen molar-refractivity contribution in [1.82, 2.24) is 25.3 Å². The van der Waals surface area contributed by atoms with Gasteiger partial charge in [-0.25, -0.2) is 4.39 Å². The van der Waals surface area contributed by atoms with Crippen molar-refractivity contribution in [3.63, 3.8) is 0 Å². The van der Waals surface area contributed by atoms with Crippen LogP contribution < -0.4 is 10.6 Å². The minimum atomic E-state index is -0.407. The van der Waals surface area contributed by atoms with E-state index in [-0.39, 0.29) is 29.9 Å². The van der Waals surface area contributed by atoms with E-state index in [0.717, 1.165) is 5.56 Å². The van der Waals surface area contributed by atoms with Gasteiger partial charge in [-0.2, -0.15) is 5.10 Å². The Hall–Kier alpha value is -2.74. The van der Waals surface area contributed by atoms with Crippen LogP contribution in [0.3, 0.4) is 0 Å². The number of nitrogens with zero attached hydrogens (tertiary/aromatic N) is 3. The van der Waals surface area contributed by atoms with Gasteiger partial charge in [0.15, 0.2) is 5.69 Å². The lowest BCUT2D eigenvalue weighted by Crippen LogP contribution is -2.61. The molecule has 1 aromatic carbocycles. The zero-order valence-electron chi connectivity index (χ0n) is 18.2. The number of carbonyl (C=O) groups is 2. The molecule has 1 unspecified atom stereocenters. The Morgan fingerprint density at radius 3 is 2.65 bits per heavy atom. The molecule has 2 amide bonds. The molecule has 0 bridgehead atoms. The summed E-state index contributed by atoms with van der Waals surface area (Å²) >= 11 is 0. The van der Waals surface area contributed by atoms with Gasteiger partial charge in [0, 0.05) is 31.7 Å². The van der Waals surface area contributed by atoms with Crippen molar-refractivity contribution >= 4 is 11.8 Å². The molecule has 1 saturated carbocycles. The third kappa shape index (κ3) is 4.49. The molecule has 1 aliphatic heterocycles. The second-order valence-corrected chi connectivity index (χ2v) is 8.79. The lowest BCUT2D eigenvalue weighted by Gasteiger charge is -2.44. The number of fused-ring (bicyclic) bond motifs is 1. The van der Waals surface area contributed by atoms with Crippen LogP contribution in [-0.4, -0.2) is 51.2 Å². The zero-order chi connectivity index (χ0) is 22.0. The van der Waals surface area contributed by atoms with Crippen LogP contribution in [0.25, 0.3) is 0 Å². The summed E-state index contributed by atoms with van der Waals surface area (Å²) < 4.78 is 14.7. The lowest BCUT2D eigenvalue weighted by molar-refractivity contribution is 0.0354. The molecular formula is C23H30FN5O2. The summed E-state index contributed by atoms with van der Waals surface area (Å²) in [5, 5.41) is 10.9. The highest BCUT2D eigenvalue weighted by atomic mass is 19.1. The molecule has 166 valence electrons. The average Bonchev–Trinajstić information content (AvgIpc) is 3.42. The van der Waals surface area contributed by atoms with Crippen LogP contribution in [0.2, 0.25) is 0 Å². The molecule has 1 atom stereocenters. The third-order valence-corrected chi connectivity index (χ3v) is 6.43. The Bertz CT molecular complexity index is 951. The van der Waals surface area contributed by atoms with E-state index in [1.807, 2.05) is 11.8 Å². The molecule has 31 heavy (non-hydrogen) atoms. The highest BCUT2D eigenvalue weighted by Crippen LogP contribution is 2.27. The van der Waals surface area contributed by atoms with Gasteiger partial charge in [0.1, 0.15) is 11.5 Å². The van der Waals surface area contributed by atoms with E-state index in [0.29, 0.717) is 31.4 Å². The number of hydrogen-bond donors (Lipinski definition) is 2. The first-order valence-corrected chi connectivity index (χ1v) is 11.1. The number of likely N-dealkylation sites (N-methyl/N-ethyl adjacent to an activating group) is 1. The van der Waals surface area contributed by atoms with Crippen LogP contribution in [0.1, 0.15) is 66.1 Å². The Morgan fingerprint density at radius 1 is 1.26 bits per heavy atom. The van der Waals surface area contributed by atoms with Gasteiger partial charge in [0.05, 0.1) is 12.1 Å². The van der Waals surface area contributed by atoms with E-state index in [1.165, 1.54) is 37.8 Å². The molecule has 1 aromatic heterocycles. The number of carbonyl (C=O) groups excluding carboxylic acids is 2. The third-order valence-electron chi connectivity index (χ3n) is 6.43. The Balaban J connectivity index is 1.47. The van der Waals surface area contributed by atoms with Crippen LogP contribution in [0, 0.1) is 5.82 Å². The van der Waals surface area contributed by atoms with Crippen LogP contribution in [0.5, 0.6) is 0 Å². The summed E-state index contributed by atoms with van der Waals surface area (Å²) in [5.41, 5.74) is 1.04. The molecular weight excluding hydrogens is 397 g/mol. The number of benzene rings is 1. The van der Waals surface area contributed by atoms with Crippen molar-refractivity contribution in [3.8, 4) is 0 Å². The van der Waals surface area contributed by atoms with Crippen molar-refractivity contribution in [1.29, 1.82) is 0 Å². The highest BCUT2D eigenvalue weighted by Gasteiger charge is 2.42. The van der Waals surface area contributed by atoms with Gasteiger partial charge in [0.2, 0.25) is 0 Å². The molecule has 1 aliphatic carbocycles. The lowest BCUT2D eigenvalue weighted by atomic mass is 9.95. The molecule has 0 radical (unpaired) electrons. The van der Waals surface area contributed by atoms with Gasteiger partial charge in [-0.15, -0.1) is 0 Å². The summed E-state index contributed by atoms with van der Waals surface area (Å²) in [6.45, 7) is 6.15. The average molecular weight is 428 g/mol. The van der Waals surface area contributed by atoms with Crippen LogP contribution in [0.4, 0.5) is 4.39 Å². The maximum atomic E-state index is 13.2. The molecule has 2 N–H and O–H groups in total. The monoisotopic (exact) mass is 427 g/mol. The molecule has 8 heteroatoms. The quantitative estimate of drug-likeness (QED) is 0.712.